The number of nitrogens with zero attached hydrogens (tertiary/aromatic N) is 2. The summed E-state index contributed by atoms with van der Waals surface area (Å²) in [6, 6.07) is 1.75. The molecule has 0 aromatic rings. The van der Waals surface area contributed by atoms with E-state index in [1.807, 2.05) is 6.07 Å². The monoisotopic (exact) mass is 295 g/mol. The molecule has 2 aliphatic rings. The fourth-order valence-electron chi connectivity index (χ4n) is 3.02. The molecule has 2 amide bonds. The van der Waals surface area contributed by atoms with Crippen LogP contribution in [0, 0.1) is 23.2 Å². The Kier molecular flexibility index (Phi) is 5.39. The number of hydrogen-bond acceptors (Lipinski definition) is 4. The summed E-state index contributed by atoms with van der Waals surface area (Å²) in [6.07, 6.45) is 2.89. The van der Waals surface area contributed by atoms with Crippen LogP contribution in [0.25, 0.3) is 0 Å². The van der Waals surface area contributed by atoms with Crippen molar-refractivity contribution in [3.05, 3.63) is 0 Å². The molecule has 2 N–H and O–H groups in total. The number of nitrogens with one attached hydrogen (secondary N) is 1. The number of ether oxygens (including phenoxy) is 1. The second-order valence-electron chi connectivity index (χ2n) is 5.61. The third-order valence-corrected chi connectivity index (χ3v) is 4.24. The molecule has 2 rings (SSSR count). The van der Waals surface area contributed by atoms with E-state index >= 15 is 0 Å². The molecule has 2 fully saturated rings. The molecule has 0 aromatic heterocycles. The molecular formula is C14H21N3O4. The van der Waals surface area contributed by atoms with Crippen molar-refractivity contribution in [3.8, 4) is 6.07 Å². The Morgan fingerprint density at radius 2 is 2.14 bits per heavy atom. The van der Waals surface area contributed by atoms with Crippen molar-refractivity contribution in [3.63, 3.8) is 0 Å². The lowest BCUT2D eigenvalue weighted by atomic mass is 9.79. The van der Waals surface area contributed by atoms with Gasteiger partial charge >= 0.3 is 12.0 Å². The van der Waals surface area contributed by atoms with Gasteiger partial charge in [0.15, 0.2) is 6.10 Å². The summed E-state index contributed by atoms with van der Waals surface area (Å²) >= 11 is 0. The number of carboxylic acid groups (broad SMARTS) is 1. The van der Waals surface area contributed by atoms with Crippen molar-refractivity contribution >= 4 is 12.0 Å². The van der Waals surface area contributed by atoms with Gasteiger partial charge in [0.05, 0.1) is 25.1 Å². The molecule has 7 nitrogen and oxygen atoms in total. The lowest BCUT2D eigenvalue weighted by Crippen LogP contribution is -2.50. The summed E-state index contributed by atoms with van der Waals surface area (Å²) in [6.45, 7) is 1.45. The van der Waals surface area contributed by atoms with E-state index in [-0.39, 0.29) is 24.4 Å². The number of carbonyl (C=O) groups excluding carboxylic acids is 1. The maximum absolute atomic E-state index is 12.1. The first-order chi connectivity index (χ1) is 10.1. The fraction of sp³-hybridized carbons (Fsp3) is 0.786. The number of hydrogen-bond donors (Lipinski definition) is 2. The minimum Gasteiger partial charge on any atom is -0.481 e. The number of carbonyl (C=O) groups is 2. The molecule has 1 heterocycles. The Hall–Kier alpha value is -1.81. The molecule has 21 heavy (non-hydrogen) atoms. The van der Waals surface area contributed by atoms with Crippen LogP contribution in [0.2, 0.25) is 0 Å². The normalized spacial score (nSPS) is 29.5. The van der Waals surface area contributed by atoms with Crippen LogP contribution in [0.15, 0.2) is 0 Å². The molecule has 0 spiro atoms. The van der Waals surface area contributed by atoms with Gasteiger partial charge in [-0.1, -0.05) is 12.8 Å². The molecule has 1 aliphatic heterocycles. The summed E-state index contributed by atoms with van der Waals surface area (Å²) in [5.74, 6) is -1.14. The molecule has 0 bridgehead atoms. The zero-order valence-electron chi connectivity index (χ0n) is 12.0. The Bertz CT molecular complexity index is 434. The minimum absolute atomic E-state index is 0.00648. The van der Waals surface area contributed by atoms with Gasteiger partial charge in [-0.05, 0) is 18.8 Å². The average Bonchev–Trinajstić information content (AvgIpc) is 2.52. The predicted molar refractivity (Wildman–Crippen MR) is 73.4 cm³/mol. The van der Waals surface area contributed by atoms with E-state index in [2.05, 4.69) is 5.32 Å². The highest BCUT2D eigenvalue weighted by Gasteiger charge is 2.31. The SMILES string of the molecule is N#CC1CN(C(=O)NCC2CCCCC2C(=O)O)CCO1. The number of nitriles is 1. The first-order valence-corrected chi connectivity index (χ1v) is 7.38. The van der Waals surface area contributed by atoms with E-state index in [0.29, 0.717) is 26.1 Å². The summed E-state index contributed by atoms with van der Waals surface area (Å²) in [4.78, 5) is 24.9. The van der Waals surface area contributed by atoms with Crippen LogP contribution in [-0.4, -0.2) is 54.4 Å². The molecule has 116 valence electrons. The van der Waals surface area contributed by atoms with Crippen molar-refractivity contribution in [2.75, 3.05) is 26.2 Å². The van der Waals surface area contributed by atoms with Gasteiger partial charge in [-0.2, -0.15) is 5.26 Å². The van der Waals surface area contributed by atoms with Crippen LogP contribution < -0.4 is 5.32 Å². The smallest absolute Gasteiger partial charge is 0.317 e. The zero-order valence-corrected chi connectivity index (χ0v) is 12.0. The van der Waals surface area contributed by atoms with Crippen LogP contribution >= 0.6 is 0 Å². The van der Waals surface area contributed by atoms with Gasteiger partial charge in [0, 0.05) is 13.1 Å². The third kappa shape index (κ3) is 4.08. The fourth-order valence-corrected chi connectivity index (χ4v) is 3.02. The summed E-state index contributed by atoms with van der Waals surface area (Å²) in [5, 5.41) is 20.8. The van der Waals surface area contributed by atoms with E-state index in [1.165, 1.54) is 0 Å². The summed E-state index contributed by atoms with van der Waals surface area (Å²) in [7, 11) is 0. The number of amides is 2. The second-order valence-corrected chi connectivity index (χ2v) is 5.61. The predicted octanol–water partition coefficient (Wildman–Crippen LogP) is 0.811. The maximum Gasteiger partial charge on any atom is 0.317 e. The number of urea groups is 1. The van der Waals surface area contributed by atoms with Gasteiger partial charge in [0.25, 0.3) is 0 Å². The van der Waals surface area contributed by atoms with Gasteiger partial charge in [-0.25, -0.2) is 4.79 Å². The van der Waals surface area contributed by atoms with Crippen molar-refractivity contribution in [1.29, 1.82) is 5.26 Å². The van der Waals surface area contributed by atoms with Gasteiger partial charge in [0.1, 0.15) is 0 Å². The molecule has 0 aromatic carbocycles. The quantitative estimate of drug-likeness (QED) is 0.802. The van der Waals surface area contributed by atoms with E-state index in [1.54, 1.807) is 4.90 Å². The van der Waals surface area contributed by atoms with Crippen LogP contribution in [0.3, 0.4) is 0 Å². The molecule has 3 atom stereocenters. The van der Waals surface area contributed by atoms with E-state index in [0.717, 1.165) is 19.3 Å². The van der Waals surface area contributed by atoms with Gasteiger partial charge in [-0.3, -0.25) is 4.79 Å². The molecule has 3 unspecified atom stereocenters. The highest BCUT2D eigenvalue weighted by atomic mass is 16.5. The van der Waals surface area contributed by atoms with E-state index < -0.39 is 12.1 Å². The molecule has 1 saturated carbocycles. The van der Waals surface area contributed by atoms with Crippen LogP contribution in [0.1, 0.15) is 25.7 Å². The summed E-state index contributed by atoms with van der Waals surface area (Å²) in [5.41, 5.74) is 0. The van der Waals surface area contributed by atoms with Crippen molar-refractivity contribution in [2.45, 2.75) is 31.8 Å². The van der Waals surface area contributed by atoms with Crippen molar-refractivity contribution < 1.29 is 19.4 Å². The Morgan fingerprint density at radius 3 is 2.86 bits per heavy atom. The largest absolute Gasteiger partial charge is 0.481 e. The first kappa shape index (κ1) is 15.6. The minimum atomic E-state index is -0.773. The zero-order chi connectivity index (χ0) is 15.2. The average molecular weight is 295 g/mol. The summed E-state index contributed by atoms with van der Waals surface area (Å²) < 4.78 is 5.19. The standard InChI is InChI=1S/C14H21N3O4/c15-7-11-9-17(5-6-21-11)14(20)16-8-10-3-1-2-4-12(10)13(18)19/h10-12H,1-6,8-9H2,(H,16,20)(H,18,19). The number of aliphatic carboxylic acids is 1. The Balaban J connectivity index is 1.82. The highest BCUT2D eigenvalue weighted by Crippen LogP contribution is 2.29. The Morgan fingerprint density at radius 1 is 1.38 bits per heavy atom. The van der Waals surface area contributed by atoms with Gasteiger partial charge in [0.2, 0.25) is 0 Å². The number of morpholine rings is 1. The highest BCUT2D eigenvalue weighted by molar-refractivity contribution is 5.74. The first-order valence-electron chi connectivity index (χ1n) is 7.38. The van der Waals surface area contributed by atoms with Crippen LogP contribution in [-0.2, 0) is 9.53 Å². The van der Waals surface area contributed by atoms with Crippen LogP contribution in [0.5, 0.6) is 0 Å². The van der Waals surface area contributed by atoms with Crippen molar-refractivity contribution in [1.82, 2.24) is 10.2 Å². The van der Waals surface area contributed by atoms with Gasteiger partial charge < -0.3 is 20.1 Å². The van der Waals surface area contributed by atoms with Gasteiger partial charge in [-0.15, -0.1) is 0 Å². The number of rotatable bonds is 3. The molecular weight excluding hydrogens is 274 g/mol. The van der Waals surface area contributed by atoms with E-state index in [4.69, 9.17) is 10.00 Å². The number of carboxylic acids is 1. The molecule has 0 radical (unpaired) electrons. The van der Waals surface area contributed by atoms with E-state index in [9.17, 15) is 14.7 Å². The molecule has 7 heteroatoms. The lowest BCUT2D eigenvalue weighted by molar-refractivity contribution is -0.144. The van der Waals surface area contributed by atoms with Crippen molar-refractivity contribution in [2.24, 2.45) is 11.8 Å². The maximum atomic E-state index is 12.1. The second kappa shape index (κ2) is 7.27. The topological polar surface area (TPSA) is 103 Å². The Labute approximate surface area is 123 Å². The lowest BCUT2D eigenvalue weighted by Gasteiger charge is -2.32. The molecule has 1 aliphatic carbocycles. The third-order valence-electron chi connectivity index (χ3n) is 4.24. The van der Waals surface area contributed by atoms with Crippen LogP contribution in [0.4, 0.5) is 4.79 Å². The molecule has 1 saturated heterocycles.